The van der Waals surface area contributed by atoms with Crippen molar-refractivity contribution < 1.29 is 14.3 Å². The van der Waals surface area contributed by atoms with Crippen LogP contribution >= 0.6 is 23.2 Å². The molecular formula is C20H17Cl2NO3. The fourth-order valence-electron chi connectivity index (χ4n) is 2.37. The maximum atomic E-state index is 12.1. The summed E-state index contributed by atoms with van der Waals surface area (Å²) in [6.45, 7) is 2.77. The van der Waals surface area contributed by atoms with E-state index in [2.05, 4.69) is 11.9 Å². The summed E-state index contributed by atoms with van der Waals surface area (Å²) in [6.07, 6.45) is 3.72. The maximum Gasteiger partial charge on any atom is 0.363 e. The summed E-state index contributed by atoms with van der Waals surface area (Å²) in [4.78, 5) is 16.4. The van der Waals surface area contributed by atoms with E-state index in [9.17, 15) is 4.79 Å². The largest absolute Gasteiger partial charge is 0.494 e. The van der Waals surface area contributed by atoms with Crippen molar-refractivity contribution in [3.8, 4) is 5.75 Å². The summed E-state index contributed by atoms with van der Waals surface area (Å²) in [6, 6.07) is 12.4. The van der Waals surface area contributed by atoms with E-state index in [4.69, 9.17) is 32.7 Å². The number of benzene rings is 2. The van der Waals surface area contributed by atoms with Gasteiger partial charge in [0.15, 0.2) is 5.70 Å². The van der Waals surface area contributed by atoms with Gasteiger partial charge in [-0.05, 0) is 48.4 Å². The molecule has 0 bridgehead atoms. The molecule has 0 atom stereocenters. The molecule has 2 aromatic rings. The maximum absolute atomic E-state index is 12.1. The number of esters is 1. The summed E-state index contributed by atoms with van der Waals surface area (Å²) < 4.78 is 10.9. The Labute approximate surface area is 162 Å². The first-order valence-electron chi connectivity index (χ1n) is 8.27. The van der Waals surface area contributed by atoms with Crippen LogP contribution in [0, 0.1) is 0 Å². The quantitative estimate of drug-likeness (QED) is 0.371. The molecule has 0 spiro atoms. The predicted molar refractivity (Wildman–Crippen MR) is 104 cm³/mol. The van der Waals surface area contributed by atoms with Crippen molar-refractivity contribution >= 4 is 41.1 Å². The van der Waals surface area contributed by atoms with Crippen molar-refractivity contribution in [2.45, 2.75) is 19.8 Å². The average Bonchev–Trinajstić information content (AvgIpc) is 2.96. The molecule has 4 nitrogen and oxygen atoms in total. The Kier molecular flexibility index (Phi) is 5.96. The van der Waals surface area contributed by atoms with E-state index in [0.29, 0.717) is 22.2 Å². The minimum absolute atomic E-state index is 0.165. The fraction of sp³-hybridized carbons (Fsp3) is 0.200. The highest BCUT2D eigenvalue weighted by Gasteiger charge is 2.25. The number of ether oxygens (including phenoxy) is 2. The van der Waals surface area contributed by atoms with Crippen molar-refractivity contribution in [2.75, 3.05) is 6.61 Å². The number of nitrogens with zero attached hydrogens (tertiary/aromatic N) is 1. The molecule has 2 aromatic carbocycles. The van der Waals surface area contributed by atoms with Gasteiger partial charge in [0.1, 0.15) is 5.75 Å². The molecule has 1 aliphatic heterocycles. The topological polar surface area (TPSA) is 47.9 Å². The van der Waals surface area contributed by atoms with Crippen LogP contribution in [0.1, 0.15) is 30.9 Å². The van der Waals surface area contributed by atoms with Gasteiger partial charge in [-0.1, -0.05) is 48.7 Å². The van der Waals surface area contributed by atoms with Crippen LogP contribution in [0.5, 0.6) is 5.75 Å². The Hall–Kier alpha value is -2.30. The van der Waals surface area contributed by atoms with Crippen molar-refractivity contribution in [1.29, 1.82) is 0 Å². The first-order chi connectivity index (χ1) is 12.6. The molecule has 0 amide bonds. The molecule has 0 saturated heterocycles. The van der Waals surface area contributed by atoms with Gasteiger partial charge in [-0.3, -0.25) is 0 Å². The van der Waals surface area contributed by atoms with Gasteiger partial charge in [0, 0.05) is 5.02 Å². The molecule has 1 aliphatic rings. The van der Waals surface area contributed by atoms with Crippen LogP contribution in [0.4, 0.5) is 0 Å². The van der Waals surface area contributed by atoms with E-state index in [-0.39, 0.29) is 11.6 Å². The molecule has 0 aliphatic carbocycles. The van der Waals surface area contributed by atoms with Gasteiger partial charge < -0.3 is 9.47 Å². The molecule has 0 aromatic heterocycles. The number of hydrogen-bond acceptors (Lipinski definition) is 4. The first-order valence-corrected chi connectivity index (χ1v) is 9.03. The van der Waals surface area contributed by atoms with Crippen LogP contribution in [-0.2, 0) is 9.53 Å². The minimum atomic E-state index is -0.525. The molecule has 1 heterocycles. The van der Waals surface area contributed by atoms with E-state index in [1.807, 2.05) is 24.3 Å². The zero-order chi connectivity index (χ0) is 18.5. The number of unbranched alkanes of at least 4 members (excludes halogenated alkanes) is 1. The zero-order valence-electron chi connectivity index (χ0n) is 14.2. The Morgan fingerprint density at radius 2 is 2.04 bits per heavy atom. The van der Waals surface area contributed by atoms with E-state index in [0.717, 1.165) is 24.2 Å². The summed E-state index contributed by atoms with van der Waals surface area (Å²) in [7, 11) is 0. The second kappa shape index (κ2) is 8.39. The van der Waals surface area contributed by atoms with Crippen LogP contribution in [-0.4, -0.2) is 18.5 Å². The molecule has 6 heteroatoms. The van der Waals surface area contributed by atoms with Crippen LogP contribution in [0.15, 0.2) is 53.2 Å². The monoisotopic (exact) mass is 389 g/mol. The van der Waals surface area contributed by atoms with E-state index in [1.165, 1.54) is 0 Å². The normalized spacial score (nSPS) is 15.1. The van der Waals surface area contributed by atoms with Crippen molar-refractivity contribution in [3.63, 3.8) is 0 Å². The van der Waals surface area contributed by atoms with E-state index in [1.54, 1.807) is 24.3 Å². The second-order valence-corrected chi connectivity index (χ2v) is 6.58. The molecule has 3 rings (SSSR count). The summed E-state index contributed by atoms with van der Waals surface area (Å²) in [5, 5.41) is 0.871. The first kappa shape index (κ1) is 18.5. The van der Waals surface area contributed by atoms with Crippen LogP contribution < -0.4 is 4.74 Å². The number of carbonyl (C=O) groups is 1. The lowest BCUT2D eigenvalue weighted by Gasteiger charge is -2.05. The number of halogens is 2. The number of rotatable bonds is 6. The van der Waals surface area contributed by atoms with Gasteiger partial charge in [-0.25, -0.2) is 9.79 Å². The van der Waals surface area contributed by atoms with Gasteiger partial charge in [-0.15, -0.1) is 0 Å². The Bertz CT molecular complexity index is 890. The predicted octanol–water partition coefficient (Wildman–Crippen LogP) is 5.52. The molecule has 26 heavy (non-hydrogen) atoms. The minimum Gasteiger partial charge on any atom is -0.494 e. The van der Waals surface area contributed by atoms with E-state index >= 15 is 0 Å². The lowest BCUT2D eigenvalue weighted by atomic mass is 10.2. The Balaban J connectivity index is 1.83. The van der Waals surface area contributed by atoms with Crippen molar-refractivity contribution in [1.82, 2.24) is 0 Å². The lowest BCUT2D eigenvalue weighted by Crippen LogP contribution is -2.05. The van der Waals surface area contributed by atoms with Crippen LogP contribution in [0.25, 0.3) is 6.08 Å². The number of hydrogen-bond donors (Lipinski definition) is 0. The van der Waals surface area contributed by atoms with Gasteiger partial charge in [0.2, 0.25) is 5.90 Å². The molecule has 134 valence electrons. The molecule has 0 N–H and O–H groups in total. The molecule has 0 fully saturated rings. The highest BCUT2D eigenvalue weighted by molar-refractivity contribution is 6.37. The number of cyclic esters (lactones) is 1. The Morgan fingerprint density at radius 3 is 2.81 bits per heavy atom. The van der Waals surface area contributed by atoms with Gasteiger partial charge in [0.25, 0.3) is 0 Å². The Morgan fingerprint density at radius 1 is 1.19 bits per heavy atom. The second-order valence-electron chi connectivity index (χ2n) is 5.73. The van der Waals surface area contributed by atoms with Crippen molar-refractivity contribution in [3.05, 3.63) is 69.3 Å². The number of aliphatic imine (C=N–C) groups is 1. The molecular weight excluding hydrogens is 373 g/mol. The molecule has 0 radical (unpaired) electrons. The molecule has 0 unspecified atom stereocenters. The lowest BCUT2D eigenvalue weighted by molar-refractivity contribution is -0.129. The standard InChI is InChI=1S/C20H17Cl2NO3/c1-2-3-9-25-15-6-4-5-13(10-15)11-18-20(24)26-19(23-18)16-8-7-14(21)12-17(16)22/h4-8,10-12H,2-3,9H2,1H3/b18-11-. The molecule has 0 saturated carbocycles. The summed E-state index contributed by atoms with van der Waals surface area (Å²) in [5.74, 6) is 0.394. The van der Waals surface area contributed by atoms with Gasteiger partial charge >= 0.3 is 5.97 Å². The summed E-state index contributed by atoms with van der Waals surface area (Å²) in [5.41, 5.74) is 1.53. The average molecular weight is 390 g/mol. The fourth-order valence-corrected chi connectivity index (χ4v) is 2.86. The third-order valence-corrected chi connectivity index (χ3v) is 4.26. The van der Waals surface area contributed by atoms with Gasteiger partial charge in [0.05, 0.1) is 17.2 Å². The van der Waals surface area contributed by atoms with Gasteiger partial charge in [-0.2, -0.15) is 0 Å². The van der Waals surface area contributed by atoms with Crippen LogP contribution in [0.2, 0.25) is 10.0 Å². The highest BCUT2D eigenvalue weighted by Crippen LogP contribution is 2.26. The smallest absolute Gasteiger partial charge is 0.363 e. The van der Waals surface area contributed by atoms with Crippen LogP contribution in [0.3, 0.4) is 0 Å². The van der Waals surface area contributed by atoms with Crippen molar-refractivity contribution in [2.24, 2.45) is 4.99 Å². The highest BCUT2D eigenvalue weighted by atomic mass is 35.5. The summed E-state index contributed by atoms with van der Waals surface area (Å²) >= 11 is 12.0. The third kappa shape index (κ3) is 4.45. The number of carbonyl (C=O) groups excluding carboxylic acids is 1. The SMILES string of the molecule is CCCCOc1cccc(/C=C2\N=C(c3ccc(Cl)cc3Cl)OC2=O)c1. The van der Waals surface area contributed by atoms with E-state index < -0.39 is 5.97 Å². The third-order valence-electron chi connectivity index (χ3n) is 3.71. The zero-order valence-corrected chi connectivity index (χ0v) is 15.7.